The molecule has 4 fully saturated rings. The highest BCUT2D eigenvalue weighted by atomic mass is 19.4. The number of alkyl halides is 5. The number of nitrogens with one attached hydrogen (secondary N) is 1. The summed E-state index contributed by atoms with van der Waals surface area (Å²) in [6, 6.07) is 0.639. The fraction of sp³-hybridized carbons (Fsp3) is 0.586. The molecule has 5 atom stereocenters. The lowest BCUT2D eigenvalue weighted by Gasteiger charge is -2.46. The average molecular weight is 637 g/mol. The van der Waals surface area contributed by atoms with E-state index in [9.17, 15) is 22.0 Å². The molecule has 16 heteroatoms. The van der Waals surface area contributed by atoms with E-state index in [1.807, 2.05) is 11.8 Å². The molecule has 8 rings (SSSR count). The number of nitrogens with two attached hydrogens (primary N) is 1. The van der Waals surface area contributed by atoms with Gasteiger partial charge in [0.1, 0.15) is 46.6 Å². The molecule has 0 amide bonds. The number of piperazine rings is 1. The second-order valence-electron chi connectivity index (χ2n) is 12.9. The molecule has 0 saturated carbocycles. The molecular formula is C29H30F6N8O2. The highest BCUT2D eigenvalue weighted by Gasteiger charge is 2.60. The number of anilines is 2. The Labute approximate surface area is 253 Å². The third-order valence-corrected chi connectivity index (χ3v) is 9.97. The molecule has 2 bridgehead atoms. The number of nitrogen functional groups attached to an aromatic ring is 1. The maximum atomic E-state index is 16.6. The third-order valence-electron chi connectivity index (χ3n) is 9.97. The van der Waals surface area contributed by atoms with Crippen LogP contribution in [0.25, 0.3) is 22.3 Å². The van der Waals surface area contributed by atoms with Gasteiger partial charge in [0.2, 0.25) is 5.88 Å². The van der Waals surface area contributed by atoms with E-state index < -0.39 is 46.5 Å². The Morgan fingerprint density at radius 2 is 1.96 bits per heavy atom. The average Bonchev–Trinajstić information content (AvgIpc) is 3.36. The lowest BCUT2D eigenvalue weighted by Crippen LogP contribution is -2.62. The van der Waals surface area contributed by atoms with E-state index >= 15 is 4.39 Å². The van der Waals surface area contributed by atoms with Gasteiger partial charge in [-0.2, -0.15) is 23.1 Å². The maximum Gasteiger partial charge on any atom is 0.418 e. The fourth-order valence-corrected chi connectivity index (χ4v) is 8.00. The molecule has 5 aliphatic heterocycles. The molecule has 3 aromatic heterocycles. The first-order chi connectivity index (χ1) is 21.2. The standard InChI is InChI=1S/C29H30F6N8O2/c1-12-7-16(36)38-21(18(12)29(33,34)35)22-19(30)20-17-24(41-26(40-20)44-11-27-5-6-42(27)10-28(31,32)9-27)43-8-14-3-4-15(37-14)23(43)13(2)45-25(17)39-22/h7,13-15,23,37H,3-6,8-11H2,1-2H3,(H2,36,38)/t13-,14+,15-,23+,27+/m0/s1. The van der Waals surface area contributed by atoms with Gasteiger partial charge in [-0.15, -0.1) is 0 Å². The molecule has 3 N–H and O–H groups in total. The molecule has 10 nitrogen and oxygen atoms in total. The van der Waals surface area contributed by atoms with Crippen LogP contribution in [0.1, 0.15) is 43.7 Å². The number of nitrogens with zero attached hydrogens (tertiary/aromatic N) is 6. The monoisotopic (exact) mass is 636 g/mol. The summed E-state index contributed by atoms with van der Waals surface area (Å²) in [6.45, 7) is 3.50. The van der Waals surface area contributed by atoms with Gasteiger partial charge in [0.25, 0.3) is 5.92 Å². The molecule has 45 heavy (non-hydrogen) atoms. The number of hydrogen-bond acceptors (Lipinski definition) is 10. The number of aryl methyl sites for hydroxylation is 1. The van der Waals surface area contributed by atoms with E-state index in [0.29, 0.717) is 19.5 Å². The molecule has 4 saturated heterocycles. The number of rotatable bonds is 4. The van der Waals surface area contributed by atoms with Crippen molar-refractivity contribution in [3.8, 4) is 23.3 Å². The smallest absolute Gasteiger partial charge is 0.418 e. The number of halogens is 6. The molecular weight excluding hydrogens is 606 g/mol. The molecule has 5 aliphatic rings. The van der Waals surface area contributed by atoms with E-state index in [2.05, 4.69) is 25.3 Å². The van der Waals surface area contributed by atoms with Crippen molar-refractivity contribution >= 4 is 22.5 Å². The summed E-state index contributed by atoms with van der Waals surface area (Å²) in [5.74, 6) is -4.18. The number of fused-ring (bicyclic) bond motifs is 6. The summed E-state index contributed by atoms with van der Waals surface area (Å²) in [5, 5.41) is 3.66. The summed E-state index contributed by atoms with van der Waals surface area (Å²) >= 11 is 0. The molecule has 0 radical (unpaired) electrons. The van der Waals surface area contributed by atoms with Crippen molar-refractivity contribution in [3.05, 3.63) is 23.0 Å². The van der Waals surface area contributed by atoms with Gasteiger partial charge < -0.3 is 25.4 Å². The van der Waals surface area contributed by atoms with Gasteiger partial charge in [-0.05, 0) is 44.7 Å². The van der Waals surface area contributed by atoms with E-state index in [-0.39, 0.29) is 77.7 Å². The van der Waals surface area contributed by atoms with E-state index in [1.165, 1.54) is 6.92 Å². The fourth-order valence-electron chi connectivity index (χ4n) is 8.00. The highest BCUT2D eigenvalue weighted by Crippen LogP contribution is 2.49. The van der Waals surface area contributed by atoms with Crippen LogP contribution < -0.4 is 25.4 Å². The summed E-state index contributed by atoms with van der Waals surface area (Å²) in [6.07, 6.45) is -3.57. The van der Waals surface area contributed by atoms with Crippen molar-refractivity contribution in [3.63, 3.8) is 0 Å². The lowest BCUT2D eigenvalue weighted by molar-refractivity contribution is -0.137. The van der Waals surface area contributed by atoms with Gasteiger partial charge in [0.05, 0.1) is 23.7 Å². The molecule has 240 valence electrons. The van der Waals surface area contributed by atoms with Crippen LogP contribution in [-0.2, 0) is 6.18 Å². The van der Waals surface area contributed by atoms with Gasteiger partial charge in [0, 0.05) is 31.6 Å². The quantitative estimate of drug-likeness (QED) is 0.406. The Morgan fingerprint density at radius 1 is 1.16 bits per heavy atom. The van der Waals surface area contributed by atoms with E-state index in [4.69, 9.17) is 15.2 Å². The van der Waals surface area contributed by atoms with Crippen LogP contribution in [0.15, 0.2) is 6.07 Å². The second kappa shape index (κ2) is 9.44. The van der Waals surface area contributed by atoms with Crippen molar-refractivity contribution in [2.24, 2.45) is 0 Å². The predicted octanol–water partition coefficient (Wildman–Crippen LogP) is 4.09. The molecule has 8 heterocycles. The summed E-state index contributed by atoms with van der Waals surface area (Å²) in [5.41, 5.74) is 1.59. The first-order valence-corrected chi connectivity index (χ1v) is 14.9. The van der Waals surface area contributed by atoms with Crippen LogP contribution in [0.4, 0.5) is 38.0 Å². The lowest BCUT2D eigenvalue weighted by atomic mass is 9.85. The zero-order valence-electron chi connectivity index (χ0n) is 24.4. The van der Waals surface area contributed by atoms with E-state index in [0.717, 1.165) is 18.9 Å². The van der Waals surface area contributed by atoms with Crippen LogP contribution in [0, 0.1) is 12.7 Å². The summed E-state index contributed by atoms with van der Waals surface area (Å²) in [4.78, 5) is 20.8. The molecule has 3 aromatic rings. The van der Waals surface area contributed by atoms with Gasteiger partial charge in [0.15, 0.2) is 5.82 Å². The highest BCUT2D eigenvalue weighted by molar-refractivity contribution is 5.97. The second-order valence-corrected chi connectivity index (χ2v) is 12.9. The Morgan fingerprint density at radius 3 is 2.67 bits per heavy atom. The number of pyridine rings is 2. The minimum absolute atomic E-state index is 0.00461. The Kier molecular flexibility index (Phi) is 6.04. The van der Waals surface area contributed by atoms with Gasteiger partial charge in [-0.1, -0.05) is 0 Å². The number of hydrogen-bond donors (Lipinski definition) is 2. The summed E-state index contributed by atoms with van der Waals surface area (Å²) < 4.78 is 100. The molecule has 0 spiro atoms. The summed E-state index contributed by atoms with van der Waals surface area (Å²) in [7, 11) is 0. The van der Waals surface area contributed by atoms with Crippen LogP contribution in [0.2, 0.25) is 0 Å². The van der Waals surface area contributed by atoms with Gasteiger partial charge in [-0.3, -0.25) is 4.90 Å². The molecule has 0 aliphatic carbocycles. The zero-order valence-corrected chi connectivity index (χ0v) is 24.4. The van der Waals surface area contributed by atoms with Crippen LogP contribution >= 0.6 is 0 Å². The van der Waals surface area contributed by atoms with Crippen molar-refractivity contribution < 1.29 is 35.8 Å². The van der Waals surface area contributed by atoms with Crippen molar-refractivity contribution in [1.82, 2.24) is 30.2 Å². The SMILES string of the molecule is Cc1cc(N)nc(-c2nc3c4c(nc(OC[C@]56CCN5CC(F)(F)C6)nc4c2F)N2C[C@H]4CC[C@H](N4)[C@H]2[C@H](C)O3)c1C(F)(F)F. The Hall–Kier alpha value is -3.66. The maximum absolute atomic E-state index is 16.6. The van der Waals surface area contributed by atoms with Crippen molar-refractivity contribution in [2.45, 2.75) is 81.4 Å². The predicted molar refractivity (Wildman–Crippen MR) is 150 cm³/mol. The van der Waals surface area contributed by atoms with Crippen LogP contribution in [0.5, 0.6) is 11.9 Å². The Balaban J connectivity index is 1.32. The number of ether oxygens (including phenoxy) is 2. The number of aromatic nitrogens is 4. The zero-order chi connectivity index (χ0) is 31.6. The minimum Gasteiger partial charge on any atom is -0.472 e. The first kappa shape index (κ1) is 28.8. The van der Waals surface area contributed by atoms with E-state index in [1.54, 1.807) is 4.90 Å². The van der Waals surface area contributed by atoms with Crippen LogP contribution in [-0.4, -0.2) is 86.8 Å². The van der Waals surface area contributed by atoms with Crippen LogP contribution in [0.3, 0.4) is 0 Å². The molecule has 0 aromatic carbocycles. The molecule has 0 unspecified atom stereocenters. The largest absolute Gasteiger partial charge is 0.472 e. The van der Waals surface area contributed by atoms with Crippen molar-refractivity contribution in [1.29, 1.82) is 0 Å². The topological polar surface area (TPSA) is 115 Å². The van der Waals surface area contributed by atoms with Gasteiger partial charge in [-0.25, -0.2) is 23.1 Å². The normalized spacial score (nSPS) is 30.0. The van der Waals surface area contributed by atoms with Gasteiger partial charge >= 0.3 is 12.2 Å². The Bertz CT molecular complexity index is 1740. The first-order valence-electron chi connectivity index (χ1n) is 14.9. The minimum atomic E-state index is -4.90. The third kappa shape index (κ3) is 4.38. The van der Waals surface area contributed by atoms with Crippen molar-refractivity contribution in [2.75, 3.05) is 36.9 Å².